The third-order valence-electron chi connectivity index (χ3n) is 3.83. The van der Waals surface area contributed by atoms with Crippen LogP contribution < -0.4 is 4.90 Å². The molecule has 1 aliphatic rings. The highest BCUT2D eigenvalue weighted by molar-refractivity contribution is 7.09. The van der Waals surface area contributed by atoms with Crippen molar-refractivity contribution in [2.45, 2.75) is 39.2 Å². The van der Waals surface area contributed by atoms with E-state index in [0.717, 1.165) is 35.1 Å². The van der Waals surface area contributed by atoms with Crippen LogP contribution in [0.25, 0.3) is 0 Å². The van der Waals surface area contributed by atoms with E-state index in [0.29, 0.717) is 12.1 Å². The standard InChI is InChI=1S/C16H18N4S/c1-11-18-14(10-21-11)9-20(2)16-13(8-17)7-12-5-3-4-6-15(12)19-16/h7,10H,3-6,9H2,1-2H3. The van der Waals surface area contributed by atoms with Crippen molar-refractivity contribution in [1.29, 1.82) is 5.26 Å². The average Bonchev–Trinajstić information content (AvgIpc) is 2.90. The number of anilines is 1. The topological polar surface area (TPSA) is 52.8 Å². The minimum absolute atomic E-state index is 0.671. The van der Waals surface area contributed by atoms with Crippen LogP contribution in [0.15, 0.2) is 11.4 Å². The molecule has 0 aromatic carbocycles. The second-order valence-electron chi connectivity index (χ2n) is 5.50. The Morgan fingerprint density at radius 3 is 2.86 bits per heavy atom. The van der Waals surface area contributed by atoms with Crippen molar-refractivity contribution in [3.8, 4) is 6.07 Å². The molecule has 0 radical (unpaired) electrons. The van der Waals surface area contributed by atoms with Crippen molar-refractivity contribution in [2.24, 2.45) is 0 Å². The van der Waals surface area contributed by atoms with Crippen LogP contribution in [0.5, 0.6) is 0 Å². The first-order chi connectivity index (χ1) is 10.2. The van der Waals surface area contributed by atoms with Gasteiger partial charge in [0, 0.05) is 18.1 Å². The summed E-state index contributed by atoms with van der Waals surface area (Å²) in [4.78, 5) is 11.3. The van der Waals surface area contributed by atoms with Crippen LogP contribution in [0.4, 0.5) is 5.82 Å². The number of hydrogen-bond donors (Lipinski definition) is 0. The maximum absolute atomic E-state index is 9.41. The molecule has 0 saturated heterocycles. The van der Waals surface area contributed by atoms with Crippen molar-refractivity contribution in [2.75, 3.05) is 11.9 Å². The molecule has 5 heteroatoms. The van der Waals surface area contributed by atoms with E-state index in [1.165, 1.54) is 18.4 Å². The zero-order valence-corrected chi connectivity index (χ0v) is 13.2. The number of rotatable bonds is 3. The van der Waals surface area contributed by atoms with Crippen molar-refractivity contribution in [1.82, 2.24) is 9.97 Å². The Labute approximate surface area is 129 Å². The van der Waals surface area contributed by atoms with E-state index in [-0.39, 0.29) is 0 Å². The molecule has 0 atom stereocenters. The third-order valence-corrected chi connectivity index (χ3v) is 4.65. The van der Waals surface area contributed by atoms with Gasteiger partial charge in [-0.15, -0.1) is 11.3 Å². The van der Waals surface area contributed by atoms with E-state index >= 15 is 0 Å². The van der Waals surface area contributed by atoms with Gasteiger partial charge in [-0.05, 0) is 44.2 Å². The van der Waals surface area contributed by atoms with Crippen molar-refractivity contribution < 1.29 is 0 Å². The molecule has 0 spiro atoms. The predicted molar refractivity (Wildman–Crippen MR) is 84.6 cm³/mol. The quantitative estimate of drug-likeness (QED) is 0.873. The molecule has 108 valence electrons. The van der Waals surface area contributed by atoms with Gasteiger partial charge in [0.2, 0.25) is 0 Å². The SMILES string of the molecule is Cc1nc(CN(C)c2nc3c(cc2C#N)CCCC3)cs1. The van der Waals surface area contributed by atoms with E-state index in [1.54, 1.807) is 11.3 Å². The van der Waals surface area contributed by atoms with E-state index in [4.69, 9.17) is 4.98 Å². The molecule has 0 N–H and O–H groups in total. The number of nitrogens with zero attached hydrogens (tertiary/aromatic N) is 4. The molecule has 2 aromatic rings. The fourth-order valence-electron chi connectivity index (χ4n) is 2.79. The lowest BCUT2D eigenvalue weighted by Gasteiger charge is -2.22. The lowest BCUT2D eigenvalue weighted by molar-refractivity contribution is 0.665. The smallest absolute Gasteiger partial charge is 0.146 e. The maximum atomic E-state index is 9.41. The van der Waals surface area contributed by atoms with Gasteiger partial charge in [0.25, 0.3) is 0 Å². The number of aromatic nitrogens is 2. The Balaban J connectivity index is 1.91. The van der Waals surface area contributed by atoms with E-state index in [2.05, 4.69) is 16.4 Å². The Hall–Kier alpha value is -1.93. The van der Waals surface area contributed by atoms with Gasteiger partial charge in [-0.1, -0.05) is 0 Å². The first-order valence-electron chi connectivity index (χ1n) is 7.22. The summed E-state index contributed by atoms with van der Waals surface area (Å²) in [5, 5.41) is 12.5. The number of pyridine rings is 1. The summed E-state index contributed by atoms with van der Waals surface area (Å²) in [6.07, 6.45) is 4.47. The van der Waals surface area contributed by atoms with Crippen LogP contribution in [-0.2, 0) is 19.4 Å². The zero-order valence-electron chi connectivity index (χ0n) is 12.4. The molecule has 1 aliphatic carbocycles. The van der Waals surface area contributed by atoms with Gasteiger partial charge >= 0.3 is 0 Å². The fourth-order valence-corrected chi connectivity index (χ4v) is 3.40. The Morgan fingerprint density at radius 1 is 1.33 bits per heavy atom. The molecule has 2 aromatic heterocycles. The monoisotopic (exact) mass is 298 g/mol. The highest BCUT2D eigenvalue weighted by Crippen LogP contribution is 2.26. The van der Waals surface area contributed by atoms with Crippen LogP contribution >= 0.6 is 11.3 Å². The van der Waals surface area contributed by atoms with Gasteiger partial charge in [0.15, 0.2) is 0 Å². The van der Waals surface area contributed by atoms with E-state index in [9.17, 15) is 5.26 Å². The molecular formula is C16H18N4S. The largest absolute Gasteiger partial charge is 0.353 e. The van der Waals surface area contributed by atoms with E-state index in [1.807, 2.05) is 24.9 Å². The first-order valence-corrected chi connectivity index (χ1v) is 8.10. The average molecular weight is 298 g/mol. The Kier molecular flexibility index (Phi) is 3.89. The number of fused-ring (bicyclic) bond motifs is 1. The molecule has 3 rings (SSSR count). The minimum Gasteiger partial charge on any atom is -0.353 e. The van der Waals surface area contributed by atoms with Gasteiger partial charge in [-0.3, -0.25) is 0 Å². The molecule has 4 nitrogen and oxygen atoms in total. The summed E-state index contributed by atoms with van der Waals surface area (Å²) in [6.45, 7) is 2.69. The second kappa shape index (κ2) is 5.82. The summed E-state index contributed by atoms with van der Waals surface area (Å²) >= 11 is 1.65. The lowest BCUT2D eigenvalue weighted by atomic mass is 9.95. The summed E-state index contributed by atoms with van der Waals surface area (Å²) in [7, 11) is 1.98. The zero-order chi connectivity index (χ0) is 14.8. The molecule has 0 fully saturated rings. The second-order valence-corrected chi connectivity index (χ2v) is 6.56. The Bertz CT molecular complexity index is 699. The van der Waals surface area contributed by atoms with Gasteiger partial charge in [0.1, 0.15) is 11.9 Å². The summed E-state index contributed by atoms with van der Waals surface area (Å²) in [5.41, 5.74) is 4.12. The van der Waals surface area contributed by atoms with Crippen molar-refractivity contribution in [3.05, 3.63) is 39.0 Å². The van der Waals surface area contributed by atoms with Gasteiger partial charge in [-0.25, -0.2) is 9.97 Å². The van der Waals surface area contributed by atoms with Gasteiger partial charge < -0.3 is 4.90 Å². The number of hydrogen-bond acceptors (Lipinski definition) is 5. The van der Waals surface area contributed by atoms with Gasteiger partial charge in [0.05, 0.1) is 22.8 Å². The predicted octanol–water partition coefficient (Wildman–Crippen LogP) is 3.23. The summed E-state index contributed by atoms with van der Waals surface area (Å²) < 4.78 is 0. The van der Waals surface area contributed by atoms with Crippen molar-refractivity contribution in [3.63, 3.8) is 0 Å². The molecule has 21 heavy (non-hydrogen) atoms. The fraction of sp³-hybridized carbons (Fsp3) is 0.438. The first kappa shape index (κ1) is 14.0. The van der Waals surface area contributed by atoms with Crippen LogP contribution in [0.3, 0.4) is 0 Å². The number of thiazole rings is 1. The molecule has 0 saturated carbocycles. The molecule has 0 unspecified atom stereocenters. The highest BCUT2D eigenvalue weighted by Gasteiger charge is 2.17. The normalized spacial score (nSPS) is 13.6. The van der Waals surface area contributed by atoms with E-state index < -0.39 is 0 Å². The van der Waals surface area contributed by atoms with Crippen LogP contribution in [0.2, 0.25) is 0 Å². The Morgan fingerprint density at radius 2 is 2.14 bits per heavy atom. The maximum Gasteiger partial charge on any atom is 0.146 e. The molecule has 0 aliphatic heterocycles. The summed E-state index contributed by atoms with van der Waals surface area (Å²) in [5.74, 6) is 0.781. The van der Waals surface area contributed by atoms with Crippen LogP contribution in [0, 0.1) is 18.3 Å². The lowest BCUT2D eigenvalue weighted by Crippen LogP contribution is -2.21. The number of aryl methyl sites for hydroxylation is 3. The third kappa shape index (κ3) is 2.91. The molecule has 0 bridgehead atoms. The molecule has 2 heterocycles. The highest BCUT2D eigenvalue weighted by atomic mass is 32.1. The minimum atomic E-state index is 0.671. The summed E-state index contributed by atoms with van der Waals surface area (Å²) in [6, 6.07) is 4.32. The number of nitriles is 1. The van der Waals surface area contributed by atoms with Crippen molar-refractivity contribution >= 4 is 17.2 Å². The van der Waals surface area contributed by atoms with Gasteiger partial charge in [-0.2, -0.15) is 5.26 Å². The van der Waals surface area contributed by atoms with Crippen LogP contribution in [0.1, 0.15) is 40.4 Å². The van der Waals surface area contributed by atoms with Crippen LogP contribution in [-0.4, -0.2) is 17.0 Å². The molecular weight excluding hydrogens is 280 g/mol. The molecule has 0 amide bonds.